The second kappa shape index (κ2) is 10.9. The summed E-state index contributed by atoms with van der Waals surface area (Å²) < 4.78 is 0. The molecule has 3 aromatic rings. The van der Waals surface area contributed by atoms with Crippen LogP contribution >= 0.6 is 7.92 Å². The van der Waals surface area contributed by atoms with E-state index in [-0.39, 0.29) is 19.5 Å². The SMILES string of the molecule is CC(=O)O.[RuH+2].c1ccc([PH+](c2ccccc2)c2ccccc2)cc1. The van der Waals surface area contributed by atoms with Crippen molar-refractivity contribution in [1.29, 1.82) is 0 Å². The van der Waals surface area contributed by atoms with Crippen molar-refractivity contribution in [2.75, 3.05) is 0 Å². The van der Waals surface area contributed by atoms with E-state index in [1.807, 2.05) is 0 Å². The Hall–Kier alpha value is -1.82. The van der Waals surface area contributed by atoms with Crippen LogP contribution in [0.4, 0.5) is 0 Å². The fourth-order valence-corrected chi connectivity index (χ4v) is 4.89. The van der Waals surface area contributed by atoms with Crippen molar-refractivity contribution in [2.24, 2.45) is 0 Å². The Labute approximate surface area is 157 Å². The smallest absolute Gasteiger partial charge is 0.0620 e. The molecule has 0 bridgehead atoms. The van der Waals surface area contributed by atoms with Crippen LogP contribution in [0.25, 0.3) is 0 Å². The molecule has 1 N–H and O–H groups in total. The maximum absolute atomic E-state index is 9.00. The normalized spacial score (nSPS) is 9.42. The first-order valence-electron chi connectivity index (χ1n) is 7.41. The van der Waals surface area contributed by atoms with Gasteiger partial charge in [0.05, 0.1) is 7.92 Å². The quantitative estimate of drug-likeness (QED) is 0.518. The number of carbonyl (C=O) groups is 1. The second-order valence-electron chi connectivity index (χ2n) is 4.99. The van der Waals surface area contributed by atoms with E-state index < -0.39 is 13.9 Å². The zero-order valence-electron chi connectivity index (χ0n) is 13.4. The summed E-state index contributed by atoms with van der Waals surface area (Å²) in [5.74, 6) is -0.833. The minimum Gasteiger partial charge on any atom is -0.0620 e. The van der Waals surface area contributed by atoms with E-state index in [4.69, 9.17) is 9.90 Å². The van der Waals surface area contributed by atoms with Gasteiger partial charge < -0.3 is 5.11 Å². The largest absolute Gasteiger partial charge is 0.102 e. The van der Waals surface area contributed by atoms with E-state index in [9.17, 15) is 0 Å². The molecule has 24 heavy (non-hydrogen) atoms. The zero-order valence-corrected chi connectivity index (χ0v) is 16.3. The summed E-state index contributed by atoms with van der Waals surface area (Å²) in [6.45, 7) is 1.08. The summed E-state index contributed by atoms with van der Waals surface area (Å²) in [6.07, 6.45) is 0. The molecular formula is C20H21O2PRu+3. The molecule has 0 unspecified atom stereocenters. The Bertz CT molecular complexity index is 620. The van der Waals surface area contributed by atoms with Crippen molar-refractivity contribution >= 4 is 29.8 Å². The van der Waals surface area contributed by atoms with Crippen molar-refractivity contribution < 1.29 is 29.4 Å². The van der Waals surface area contributed by atoms with E-state index in [2.05, 4.69) is 91.0 Å². The summed E-state index contributed by atoms with van der Waals surface area (Å²) >= 11 is 0. The Kier molecular flexibility index (Phi) is 9.16. The summed E-state index contributed by atoms with van der Waals surface area (Å²) in [7, 11) is -0.877. The monoisotopic (exact) mass is 426 g/mol. The molecule has 0 aromatic heterocycles. The van der Waals surface area contributed by atoms with E-state index in [1.165, 1.54) is 15.9 Å². The standard InChI is InChI=1S/C18H15P.C2H4O2.Ru.H/c1-4-10-16(11-5-1)19(17-12-6-2-7-13-17)18-14-8-3-9-15-18;1-2(3)4;;/h1-15H;1H3,(H,3,4);;/q;;+2;/p+1. The Morgan fingerprint density at radius 3 is 1.08 bits per heavy atom. The van der Waals surface area contributed by atoms with Crippen molar-refractivity contribution in [3.05, 3.63) is 91.0 Å². The van der Waals surface area contributed by atoms with Gasteiger partial charge in [0.25, 0.3) is 5.97 Å². The summed E-state index contributed by atoms with van der Waals surface area (Å²) in [4.78, 5) is 9.00. The first-order valence-corrected chi connectivity index (χ1v) is 8.91. The third-order valence-corrected chi connectivity index (χ3v) is 5.92. The molecule has 0 spiro atoms. The average molecular weight is 425 g/mol. The third-order valence-electron chi connectivity index (χ3n) is 3.19. The van der Waals surface area contributed by atoms with E-state index in [0.717, 1.165) is 6.92 Å². The number of aliphatic carboxylic acids is 1. The van der Waals surface area contributed by atoms with Crippen molar-refractivity contribution in [3.63, 3.8) is 0 Å². The van der Waals surface area contributed by atoms with Crippen LogP contribution in [0.3, 0.4) is 0 Å². The predicted molar refractivity (Wildman–Crippen MR) is 101 cm³/mol. The second-order valence-corrected chi connectivity index (χ2v) is 7.47. The van der Waals surface area contributed by atoms with Crippen LogP contribution in [0.2, 0.25) is 0 Å². The Morgan fingerprint density at radius 2 is 0.875 bits per heavy atom. The minimum absolute atomic E-state index is 0. The van der Waals surface area contributed by atoms with E-state index >= 15 is 0 Å². The molecule has 3 aromatic carbocycles. The molecule has 0 amide bonds. The van der Waals surface area contributed by atoms with Crippen LogP contribution < -0.4 is 15.9 Å². The molecule has 0 heterocycles. The summed E-state index contributed by atoms with van der Waals surface area (Å²) in [6, 6.07) is 32.5. The number of hydrogen-bond acceptors (Lipinski definition) is 1. The predicted octanol–water partition coefficient (Wildman–Crippen LogP) is 3.00. The molecule has 0 saturated heterocycles. The van der Waals surface area contributed by atoms with Gasteiger partial charge in [0.2, 0.25) is 0 Å². The fourth-order valence-electron chi connectivity index (χ4n) is 2.31. The minimum atomic E-state index is -0.877. The number of rotatable bonds is 3. The zero-order chi connectivity index (χ0) is 16.5. The van der Waals surface area contributed by atoms with Gasteiger partial charge >= 0.3 is 19.5 Å². The fraction of sp³-hybridized carbons (Fsp3) is 0.0500. The first kappa shape index (κ1) is 20.2. The maximum atomic E-state index is 9.00. The van der Waals surface area contributed by atoms with Crippen LogP contribution in [0.15, 0.2) is 91.0 Å². The van der Waals surface area contributed by atoms with Gasteiger partial charge in [-0.25, -0.2) is 0 Å². The van der Waals surface area contributed by atoms with Crippen LogP contribution in [-0.4, -0.2) is 11.1 Å². The van der Waals surface area contributed by atoms with Crippen LogP contribution in [0.5, 0.6) is 0 Å². The van der Waals surface area contributed by atoms with Gasteiger partial charge in [-0.3, -0.25) is 4.79 Å². The van der Waals surface area contributed by atoms with Gasteiger partial charge in [0.1, 0.15) is 15.9 Å². The Balaban J connectivity index is 0.000000522. The molecule has 4 heteroatoms. The van der Waals surface area contributed by atoms with Crippen LogP contribution in [0, 0.1) is 0 Å². The molecule has 3 rings (SSSR count). The summed E-state index contributed by atoms with van der Waals surface area (Å²) in [5.41, 5.74) is 0. The molecule has 0 aliphatic carbocycles. The molecule has 0 aliphatic heterocycles. The van der Waals surface area contributed by atoms with Crippen LogP contribution in [-0.2, 0) is 24.3 Å². The molecule has 0 fully saturated rings. The molecule has 0 radical (unpaired) electrons. The number of benzene rings is 3. The third kappa shape index (κ3) is 6.36. The Morgan fingerprint density at radius 1 is 0.667 bits per heavy atom. The number of hydrogen-bond donors (Lipinski definition) is 1. The van der Waals surface area contributed by atoms with Gasteiger partial charge in [0, 0.05) is 6.92 Å². The molecule has 0 aliphatic rings. The van der Waals surface area contributed by atoms with Gasteiger partial charge in [-0.2, -0.15) is 0 Å². The van der Waals surface area contributed by atoms with E-state index in [1.54, 1.807) is 0 Å². The molecule has 123 valence electrons. The first-order chi connectivity index (χ1) is 11.2. The molecule has 2 nitrogen and oxygen atoms in total. The van der Waals surface area contributed by atoms with Crippen molar-refractivity contribution in [1.82, 2.24) is 0 Å². The van der Waals surface area contributed by atoms with E-state index in [0.29, 0.717) is 0 Å². The topological polar surface area (TPSA) is 37.3 Å². The number of carboxylic acid groups (broad SMARTS) is 1. The molecule has 0 atom stereocenters. The molecule has 0 saturated carbocycles. The summed E-state index contributed by atoms with van der Waals surface area (Å²) in [5, 5.41) is 11.7. The van der Waals surface area contributed by atoms with Gasteiger partial charge in [-0.05, 0) is 36.4 Å². The van der Waals surface area contributed by atoms with Crippen molar-refractivity contribution in [2.45, 2.75) is 6.92 Å². The molecular weight excluding hydrogens is 404 g/mol. The van der Waals surface area contributed by atoms with Crippen molar-refractivity contribution in [3.8, 4) is 0 Å². The van der Waals surface area contributed by atoms with Gasteiger partial charge in [-0.1, -0.05) is 54.6 Å². The maximum Gasteiger partial charge on any atom is 0.102 e. The number of carboxylic acids is 1. The van der Waals surface area contributed by atoms with Crippen LogP contribution in [0.1, 0.15) is 6.92 Å². The average Bonchev–Trinajstić information content (AvgIpc) is 2.58. The van der Waals surface area contributed by atoms with Gasteiger partial charge in [-0.15, -0.1) is 0 Å². The van der Waals surface area contributed by atoms with Gasteiger partial charge in [0.15, 0.2) is 0 Å².